The molecule has 2 aromatic rings. The number of H-pyrrole nitrogens is 1. The number of fused-ring (bicyclic) bond motifs is 1. The van der Waals surface area contributed by atoms with Crippen LogP contribution in [0, 0.1) is 5.92 Å². The van der Waals surface area contributed by atoms with Gasteiger partial charge in [-0.15, -0.1) is 0 Å². The molecule has 1 saturated carbocycles. The molecule has 6 heteroatoms. The van der Waals surface area contributed by atoms with Crippen LogP contribution in [0.25, 0.3) is 10.9 Å². The predicted octanol–water partition coefficient (Wildman–Crippen LogP) is 2.81. The number of esters is 1. The van der Waals surface area contributed by atoms with Crippen LogP contribution in [0.15, 0.2) is 23.0 Å². The van der Waals surface area contributed by atoms with E-state index in [9.17, 15) is 9.59 Å². The van der Waals surface area contributed by atoms with Gasteiger partial charge in [0.05, 0.1) is 29.7 Å². The van der Waals surface area contributed by atoms with Crippen molar-refractivity contribution in [3.8, 4) is 0 Å². The van der Waals surface area contributed by atoms with Crippen LogP contribution >= 0.6 is 0 Å². The quantitative estimate of drug-likeness (QED) is 0.872. The molecule has 1 heterocycles. The van der Waals surface area contributed by atoms with E-state index in [4.69, 9.17) is 9.47 Å². The first-order valence-corrected chi connectivity index (χ1v) is 8.31. The smallest absolute Gasteiger partial charge is 0.337 e. The van der Waals surface area contributed by atoms with E-state index in [1.807, 2.05) is 0 Å². The van der Waals surface area contributed by atoms with Gasteiger partial charge in [0.15, 0.2) is 0 Å². The van der Waals surface area contributed by atoms with Crippen molar-refractivity contribution in [2.45, 2.75) is 45.3 Å². The van der Waals surface area contributed by atoms with E-state index in [0.717, 1.165) is 6.42 Å². The Morgan fingerprint density at radius 2 is 2.12 bits per heavy atom. The van der Waals surface area contributed by atoms with Gasteiger partial charge < -0.3 is 14.5 Å². The van der Waals surface area contributed by atoms with Crippen LogP contribution in [0.1, 0.15) is 48.8 Å². The second-order valence-electron chi connectivity index (χ2n) is 6.35. The molecule has 3 rings (SSSR count). The van der Waals surface area contributed by atoms with Crippen molar-refractivity contribution in [2.24, 2.45) is 5.92 Å². The molecular weight excluding hydrogens is 308 g/mol. The summed E-state index contributed by atoms with van der Waals surface area (Å²) in [5, 5.41) is 0.442. The van der Waals surface area contributed by atoms with Gasteiger partial charge >= 0.3 is 5.97 Å². The average Bonchev–Trinajstić information content (AvgIpc) is 2.60. The third-order valence-electron chi connectivity index (χ3n) is 4.64. The number of hydrogen-bond acceptors (Lipinski definition) is 5. The maximum Gasteiger partial charge on any atom is 0.337 e. The summed E-state index contributed by atoms with van der Waals surface area (Å²) in [6, 6.07) is 4.72. The minimum Gasteiger partial charge on any atom is -0.465 e. The third kappa shape index (κ3) is 3.48. The summed E-state index contributed by atoms with van der Waals surface area (Å²) in [5.74, 6) is 0.553. The highest BCUT2D eigenvalue weighted by Gasteiger charge is 2.22. The lowest BCUT2D eigenvalue weighted by atomic mass is 9.88. The molecule has 1 aromatic carbocycles. The number of benzene rings is 1. The van der Waals surface area contributed by atoms with Gasteiger partial charge in [0, 0.05) is 0 Å². The largest absolute Gasteiger partial charge is 0.465 e. The zero-order valence-electron chi connectivity index (χ0n) is 14.0. The van der Waals surface area contributed by atoms with Gasteiger partial charge in [-0.2, -0.15) is 0 Å². The Labute approximate surface area is 140 Å². The van der Waals surface area contributed by atoms with Gasteiger partial charge in [-0.1, -0.05) is 19.8 Å². The van der Waals surface area contributed by atoms with Crippen LogP contribution in [-0.2, 0) is 16.1 Å². The van der Waals surface area contributed by atoms with E-state index in [2.05, 4.69) is 16.9 Å². The Balaban J connectivity index is 1.83. The molecule has 1 fully saturated rings. The molecule has 0 spiro atoms. The van der Waals surface area contributed by atoms with Crippen molar-refractivity contribution >= 4 is 16.9 Å². The summed E-state index contributed by atoms with van der Waals surface area (Å²) in [6.07, 6.45) is 4.86. The van der Waals surface area contributed by atoms with Crippen LogP contribution in [0.5, 0.6) is 0 Å². The molecular formula is C18H22N2O4. The first kappa shape index (κ1) is 16.6. The summed E-state index contributed by atoms with van der Waals surface area (Å²) < 4.78 is 10.7. The Morgan fingerprint density at radius 3 is 2.88 bits per heavy atom. The van der Waals surface area contributed by atoms with Crippen LogP contribution < -0.4 is 5.56 Å². The maximum absolute atomic E-state index is 12.2. The average molecular weight is 330 g/mol. The number of carbonyl (C=O) groups is 1. The lowest BCUT2D eigenvalue weighted by Gasteiger charge is -2.28. The topological polar surface area (TPSA) is 81.3 Å². The number of nitrogens with one attached hydrogen (secondary N) is 1. The highest BCUT2D eigenvalue weighted by molar-refractivity contribution is 5.93. The Kier molecular flexibility index (Phi) is 4.94. The molecule has 6 nitrogen and oxygen atoms in total. The summed E-state index contributed by atoms with van der Waals surface area (Å²) in [6.45, 7) is 2.46. The Morgan fingerprint density at radius 1 is 1.33 bits per heavy atom. The lowest BCUT2D eigenvalue weighted by Crippen LogP contribution is -2.26. The van der Waals surface area contributed by atoms with E-state index in [0.29, 0.717) is 28.2 Å². The molecule has 1 N–H and O–H groups in total. The normalized spacial score (nSPS) is 20.9. The van der Waals surface area contributed by atoms with E-state index in [1.165, 1.54) is 26.4 Å². The van der Waals surface area contributed by atoms with Crippen molar-refractivity contribution < 1.29 is 14.3 Å². The van der Waals surface area contributed by atoms with Crippen LogP contribution in [0.2, 0.25) is 0 Å². The monoisotopic (exact) mass is 330 g/mol. The number of nitrogens with zero attached hydrogens (tertiary/aromatic N) is 1. The van der Waals surface area contributed by atoms with Crippen molar-refractivity contribution in [1.29, 1.82) is 0 Å². The first-order valence-electron chi connectivity index (χ1n) is 8.31. The van der Waals surface area contributed by atoms with Gasteiger partial charge in [-0.25, -0.2) is 9.78 Å². The third-order valence-corrected chi connectivity index (χ3v) is 4.64. The fourth-order valence-corrected chi connectivity index (χ4v) is 3.22. The van der Waals surface area contributed by atoms with Crippen molar-refractivity contribution in [2.75, 3.05) is 7.11 Å². The molecule has 0 unspecified atom stereocenters. The van der Waals surface area contributed by atoms with Crippen LogP contribution in [0.3, 0.4) is 0 Å². The highest BCUT2D eigenvalue weighted by Crippen LogP contribution is 2.26. The molecule has 0 radical (unpaired) electrons. The summed E-state index contributed by atoms with van der Waals surface area (Å²) in [4.78, 5) is 31.0. The highest BCUT2D eigenvalue weighted by atomic mass is 16.5. The summed E-state index contributed by atoms with van der Waals surface area (Å²) in [5.41, 5.74) is 0.611. The molecule has 2 atom stereocenters. The Hall–Kier alpha value is -2.21. The van der Waals surface area contributed by atoms with Gasteiger partial charge in [-0.3, -0.25) is 4.79 Å². The van der Waals surface area contributed by atoms with Gasteiger partial charge in [0.25, 0.3) is 5.56 Å². The number of hydrogen-bond donors (Lipinski definition) is 1. The second-order valence-corrected chi connectivity index (χ2v) is 6.35. The number of rotatable bonds is 4. The van der Waals surface area contributed by atoms with Crippen molar-refractivity contribution in [1.82, 2.24) is 9.97 Å². The van der Waals surface area contributed by atoms with Crippen LogP contribution in [0.4, 0.5) is 0 Å². The standard InChI is InChI=1S/C18H22N2O4/c1-11-5-3-4-6-15(11)24-10-16-19-14-9-12(18(22)23-2)7-8-13(14)17(21)20-16/h7-9,11,15H,3-6,10H2,1-2H3,(H,19,20,21)/t11-,15+/m0/s1. The zero-order valence-corrected chi connectivity index (χ0v) is 14.0. The minimum atomic E-state index is -0.451. The first-order chi connectivity index (χ1) is 11.6. The molecule has 1 aliphatic rings. The fraction of sp³-hybridized carbons (Fsp3) is 0.500. The van der Waals surface area contributed by atoms with E-state index in [1.54, 1.807) is 18.2 Å². The van der Waals surface area contributed by atoms with Gasteiger partial charge in [0.1, 0.15) is 12.4 Å². The molecule has 1 aromatic heterocycles. The molecule has 0 aliphatic heterocycles. The minimum absolute atomic E-state index is 0.209. The van der Waals surface area contributed by atoms with Crippen LogP contribution in [-0.4, -0.2) is 29.2 Å². The summed E-state index contributed by atoms with van der Waals surface area (Å²) in [7, 11) is 1.32. The number of methoxy groups -OCH3 is 1. The number of carbonyl (C=O) groups excluding carboxylic acids is 1. The van der Waals surface area contributed by atoms with Crippen molar-refractivity contribution in [3.63, 3.8) is 0 Å². The Bertz CT molecular complexity index is 799. The van der Waals surface area contributed by atoms with E-state index >= 15 is 0 Å². The summed E-state index contributed by atoms with van der Waals surface area (Å²) >= 11 is 0. The van der Waals surface area contributed by atoms with E-state index in [-0.39, 0.29) is 18.3 Å². The molecule has 0 saturated heterocycles. The molecule has 128 valence electrons. The lowest BCUT2D eigenvalue weighted by molar-refractivity contribution is -0.0181. The SMILES string of the molecule is COC(=O)c1ccc2c(=O)[nH]c(CO[C@@H]3CCCC[C@@H]3C)nc2c1. The number of aromatic amines is 1. The zero-order chi connectivity index (χ0) is 17.1. The van der Waals surface area contributed by atoms with Crippen molar-refractivity contribution in [3.05, 3.63) is 39.9 Å². The molecule has 24 heavy (non-hydrogen) atoms. The van der Waals surface area contributed by atoms with Gasteiger partial charge in [0.2, 0.25) is 0 Å². The van der Waals surface area contributed by atoms with Gasteiger partial charge in [-0.05, 0) is 37.0 Å². The fourth-order valence-electron chi connectivity index (χ4n) is 3.22. The predicted molar refractivity (Wildman–Crippen MR) is 89.9 cm³/mol. The number of aromatic nitrogens is 2. The molecule has 1 aliphatic carbocycles. The molecule has 0 bridgehead atoms. The maximum atomic E-state index is 12.2. The second kappa shape index (κ2) is 7.13. The molecule has 0 amide bonds. The van der Waals surface area contributed by atoms with E-state index < -0.39 is 5.97 Å². The number of ether oxygens (including phenoxy) is 2.